The molecule has 30 heavy (non-hydrogen) atoms. The maximum Gasteiger partial charge on any atom is 0.313 e. The van der Waals surface area contributed by atoms with E-state index in [1.165, 1.54) is 0 Å². The van der Waals surface area contributed by atoms with Crippen LogP contribution in [0.5, 0.6) is 0 Å². The van der Waals surface area contributed by atoms with E-state index in [2.05, 4.69) is 44.7 Å². The quantitative estimate of drug-likeness (QED) is 0.720. The van der Waals surface area contributed by atoms with Crippen LogP contribution in [0.4, 0.5) is 11.4 Å². The van der Waals surface area contributed by atoms with Crippen LogP contribution in [0.15, 0.2) is 42.5 Å². The minimum atomic E-state index is -0.633. The molecule has 6 nitrogen and oxygen atoms in total. The van der Waals surface area contributed by atoms with Crippen molar-refractivity contribution in [1.82, 2.24) is 10.2 Å². The lowest BCUT2D eigenvalue weighted by molar-refractivity contribution is -0.136. The van der Waals surface area contributed by atoms with Gasteiger partial charge in [-0.05, 0) is 74.7 Å². The molecule has 3 rings (SSSR count). The van der Waals surface area contributed by atoms with Crippen molar-refractivity contribution in [3.63, 3.8) is 0 Å². The standard InChI is InChI=1S/C24H32N4O2/c1-17-7-8-18(2)21(15-17)26-24(30)23(29)25-16-22(28-13-5-6-14-28)19-9-11-20(12-10-19)27(3)4/h7-12,15,22H,5-6,13-14,16H2,1-4H3,(H,25,29)(H,26,30)/t22-/m0/s1. The van der Waals surface area contributed by atoms with Crippen LogP contribution in [0.25, 0.3) is 0 Å². The summed E-state index contributed by atoms with van der Waals surface area (Å²) in [5.41, 5.74) is 4.92. The Bertz CT molecular complexity index is 887. The molecular formula is C24H32N4O2. The number of benzene rings is 2. The summed E-state index contributed by atoms with van der Waals surface area (Å²) in [7, 11) is 4.03. The average molecular weight is 409 g/mol. The smallest absolute Gasteiger partial charge is 0.313 e. The molecule has 0 spiro atoms. The molecule has 1 atom stereocenters. The summed E-state index contributed by atoms with van der Waals surface area (Å²) in [5.74, 6) is -1.24. The van der Waals surface area contributed by atoms with Crippen molar-refractivity contribution in [2.75, 3.05) is 43.9 Å². The number of likely N-dealkylation sites (tertiary alicyclic amines) is 1. The summed E-state index contributed by atoms with van der Waals surface area (Å²) in [5, 5.41) is 5.58. The van der Waals surface area contributed by atoms with E-state index in [-0.39, 0.29) is 6.04 Å². The average Bonchev–Trinajstić information content (AvgIpc) is 3.25. The maximum atomic E-state index is 12.5. The number of nitrogens with zero attached hydrogens (tertiary/aromatic N) is 2. The van der Waals surface area contributed by atoms with E-state index < -0.39 is 11.8 Å². The number of hydrogen-bond acceptors (Lipinski definition) is 4. The van der Waals surface area contributed by atoms with Gasteiger partial charge in [0, 0.05) is 32.0 Å². The lowest BCUT2D eigenvalue weighted by Crippen LogP contribution is -2.41. The maximum absolute atomic E-state index is 12.5. The first-order valence-electron chi connectivity index (χ1n) is 10.5. The molecule has 0 saturated carbocycles. The molecule has 160 valence electrons. The number of nitrogens with one attached hydrogen (secondary N) is 2. The van der Waals surface area contributed by atoms with Gasteiger partial charge in [-0.15, -0.1) is 0 Å². The Balaban J connectivity index is 1.66. The molecular weight excluding hydrogens is 376 g/mol. The van der Waals surface area contributed by atoms with Gasteiger partial charge in [-0.25, -0.2) is 0 Å². The second-order valence-corrected chi connectivity index (χ2v) is 8.23. The highest BCUT2D eigenvalue weighted by atomic mass is 16.2. The van der Waals surface area contributed by atoms with Crippen molar-refractivity contribution in [2.45, 2.75) is 32.7 Å². The second-order valence-electron chi connectivity index (χ2n) is 8.23. The molecule has 0 radical (unpaired) electrons. The number of hydrogen-bond donors (Lipinski definition) is 2. The number of aryl methyl sites for hydroxylation is 2. The molecule has 2 N–H and O–H groups in total. The van der Waals surface area contributed by atoms with Crippen molar-refractivity contribution in [3.05, 3.63) is 59.2 Å². The molecule has 0 aliphatic carbocycles. The lowest BCUT2D eigenvalue weighted by Gasteiger charge is -2.28. The van der Waals surface area contributed by atoms with Crippen molar-refractivity contribution < 1.29 is 9.59 Å². The molecule has 0 bridgehead atoms. The lowest BCUT2D eigenvalue weighted by atomic mass is 10.0. The molecule has 2 amide bonds. The monoisotopic (exact) mass is 408 g/mol. The number of carbonyl (C=O) groups excluding carboxylic acids is 2. The molecule has 0 unspecified atom stereocenters. The third-order valence-electron chi connectivity index (χ3n) is 5.68. The van der Waals surface area contributed by atoms with Gasteiger partial charge in [0.15, 0.2) is 0 Å². The minimum absolute atomic E-state index is 0.0566. The zero-order chi connectivity index (χ0) is 21.7. The van der Waals surface area contributed by atoms with Crippen LogP contribution in [0.2, 0.25) is 0 Å². The summed E-state index contributed by atoms with van der Waals surface area (Å²) < 4.78 is 0. The van der Waals surface area contributed by atoms with Crippen molar-refractivity contribution >= 4 is 23.2 Å². The first-order valence-corrected chi connectivity index (χ1v) is 10.5. The Morgan fingerprint density at radius 3 is 2.30 bits per heavy atom. The normalized spacial score (nSPS) is 14.9. The van der Waals surface area contributed by atoms with E-state index in [0.717, 1.165) is 48.3 Å². The fraction of sp³-hybridized carbons (Fsp3) is 0.417. The SMILES string of the molecule is Cc1ccc(C)c(NC(=O)C(=O)NC[C@@H](c2ccc(N(C)C)cc2)N2CCCC2)c1. The summed E-state index contributed by atoms with van der Waals surface area (Å²) in [6, 6.07) is 14.3. The van der Waals surface area contributed by atoms with Gasteiger partial charge >= 0.3 is 11.8 Å². The Labute approximate surface area is 179 Å². The van der Waals surface area contributed by atoms with E-state index in [0.29, 0.717) is 12.2 Å². The van der Waals surface area contributed by atoms with Crippen LogP contribution in [0.1, 0.15) is 35.6 Å². The summed E-state index contributed by atoms with van der Waals surface area (Å²) >= 11 is 0. The minimum Gasteiger partial charge on any atom is -0.378 e. The first kappa shape index (κ1) is 21.8. The predicted octanol–water partition coefficient (Wildman–Crippen LogP) is 3.26. The molecule has 1 fully saturated rings. The largest absolute Gasteiger partial charge is 0.378 e. The van der Waals surface area contributed by atoms with Crippen LogP contribution in [-0.2, 0) is 9.59 Å². The van der Waals surface area contributed by atoms with Gasteiger partial charge < -0.3 is 15.5 Å². The van der Waals surface area contributed by atoms with Crippen molar-refractivity contribution in [1.29, 1.82) is 0 Å². The first-order chi connectivity index (χ1) is 14.3. The van der Waals surface area contributed by atoms with Gasteiger partial charge in [-0.2, -0.15) is 0 Å². The van der Waals surface area contributed by atoms with Crippen molar-refractivity contribution in [3.8, 4) is 0 Å². The van der Waals surface area contributed by atoms with Crippen LogP contribution < -0.4 is 15.5 Å². The van der Waals surface area contributed by atoms with Crippen molar-refractivity contribution in [2.24, 2.45) is 0 Å². The van der Waals surface area contributed by atoms with E-state index in [1.54, 1.807) is 0 Å². The highest BCUT2D eigenvalue weighted by Gasteiger charge is 2.25. The van der Waals surface area contributed by atoms with Crippen LogP contribution >= 0.6 is 0 Å². The molecule has 1 aliphatic heterocycles. The molecule has 2 aromatic carbocycles. The molecule has 6 heteroatoms. The van der Waals surface area contributed by atoms with Gasteiger partial charge in [0.05, 0.1) is 6.04 Å². The van der Waals surface area contributed by atoms with Gasteiger partial charge in [0.25, 0.3) is 0 Å². The topological polar surface area (TPSA) is 64.7 Å². The number of anilines is 2. The van der Waals surface area contributed by atoms with E-state index in [1.807, 2.05) is 46.1 Å². The van der Waals surface area contributed by atoms with E-state index in [9.17, 15) is 9.59 Å². The molecule has 0 aromatic heterocycles. The third-order valence-corrected chi connectivity index (χ3v) is 5.68. The Morgan fingerprint density at radius 2 is 1.67 bits per heavy atom. The Hall–Kier alpha value is -2.86. The zero-order valence-corrected chi connectivity index (χ0v) is 18.4. The van der Waals surface area contributed by atoms with Gasteiger partial charge in [-0.1, -0.05) is 24.3 Å². The fourth-order valence-electron chi connectivity index (χ4n) is 3.82. The predicted molar refractivity (Wildman–Crippen MR) is 122 cm³/mol. The molecule has 1 heterocycles. The van der Waals surface area contributed by atoms with Crippen LogP contribution in [0.3, 0.4) is 0 Å². The van der Waals surface area contributed by atoms with Gasteiger partial charge in [0.2, 0.25) is 0 Å². The van der Waals surface area contributed by atoms with E-state index in [4.69, 9.17) is 0 Å². The number of rotatable bonds is 6. The zero-order valence-electron chi connectivity index (χ0n) is 18.4. The highest BCUT2D eigenvalue weighted by molar-refractivity contribution is 6.39. The summed E-state index contributed by atoms with van der Waals surface area (Å²) in [6.07, 6.45) is 2.32. The fourth-order valence-corrected chi connectivity index (χ4v) is 3.82. The number of carbonyl (C=O) groups is 2. The molecule has 2 aromatic rings. The second kappa shape index (κ2) is 9.76. The van der Waals surface area contributed by atoms with Gasteiger partial charge in [0.1, 0.15) is 0 Å². The Kier molecular flexibility index (Phi) is 7.11. The summed E-state index contributed by atoms with van der Waals surface area (Å²) in [6.45, 7) is 6.28. The van der Waals surface area contributed by atoms with E-state index >= 15 is 0 Å². The highest BCUT2D eigenvalue weighted by Crippen LogP contribution is 2.26. The summed E-state index contributed by atoms with van der Waals surface area (Å²) in [4.78, 5) is 29.4. The third kappa shape index (κ3) is 5.39. The van der Waals surface area contributed by atoms with Crippen LogP contribution in [0, 0.1) is 13.8 Å². The molecule has 1 aliphatic rings. The molecule has 1 saturated heterocycles. The van der Waals surface area contributed by atoms with Gasteiger partial charge in [-0.3, -0.25) is 14.5 Å². The number of amides is 2. The Morgan fingerprint density at radius 1 is 1.00 bits per heavy atom. The van der Waals surface area contributed by atoms with Crippen LogP contribution in [-0.4, -0.2) is 50.4 Å².